The van der Waals surface area contributed by atoms with E-state index in [0.29, 0.717) is 4.68 Å². The van der Waals surface area contributed by atoms with Crippen molar-refractivity contribution >= 4 is 5.97 Å². The van der Waals surface area contributed by atoms with E-state index in [1.165, 1.54) is 20.8 Å². The Morgan fingerprint density at radius 1 is 1.38 bits per heavy atom. The molecule has 16 heavy (non-hydrogen) atoms. The second-order valence-electron chi connectivity index (χ2n) is 4.29. The van der Waals surface area contributed by atoms with E-state index in [-0.39, 0.29) is 0 Å². The summed E-state index contributed by atoms with van der Waals surface area (Å²) in [4.78, 5) is 10.7. The zero-order valence-corrected chi connectivity index (χ0v) is 8.96. The molecule has 1 N–H and O–H groups in total. The molecule has 0 aliphatic heterocycles. The van der Waals surface area contributed by atoms with Gasteiger partial charge < -0.3 is 5.11 Å². The van der Waals surface area contributed by atoms with Gasteiger partial charge in [0.05, 0.1) is 11.7 Å². The van der Waals surface area contributed by atoms with Crippen LogP contribution in [0.5, 0.6) is 0 Å². The van der Waals surface area contributed by atoms with Crippen LogP contribution in [0.25, 0.3) is 0 Å². The topological polar surface area (TPSA) is 55.1 Å². The third-order valence-electron chi connectivity index (χ3n) is 1.90. The lowest BCUT2D eigenvalue weighted by Crippen LogP contribution is -2.29. The first-order valence-corrected chi connectivity index (χ1v) is 4.44. The lowest BCUT2D eigenvalue weighted by molar-refractivity contribution is -0.146. The molecule has 0 spiro atoms. The summed E-state index contributed by atoms with van der Waals surface area (Å²) in [6.45, 7) is 4.54. The lowest BCUT2D eigenvalue weighted by atomic mass is 10.1. The van der Waals surface area contributed by atoms with E-state index in [9.17, 15) is 18.0 Å². The van der Waals surface area contributed by atoms with Crippen LogP contribution in [-0.4, -0.2) is 20.9 Å². The molecule has 0 saturated heterocycles. The first-order chi connectivity index (χ1) is 7.05. The fraction of sp³-hybridized carbons (Fsp3) is 0.556. The van der Waals surface area contributed by atoms with Gasteiger partial charge in [0.25, 0.3) is 0 Å². The molecule has 0 aliphatic carbocycles. The average Bonchev–Trinajstić information content (AvgIpc) is 2.43. The van der Waals surface area contributed by atoms with Crippen LogP contribution in [0.3, 0.4) is 0 Å². The van der Waals surface area contributed by atoms with Gasteiger partial charge in [0.15, 0.2) is 5.69 Å². The van der Waals surface area contributed by atoms with Crippen LogP contribution in [0.15, 0.2) is 6.20 Å². The maximum Gasteiger partial charge on any atom is 0.433 e. The highest BCUT2D eigenvalue weighted by atomic mass is 19.4. The molecule has 0 bridgehead atoms. The molecular formula is C9H11F3N2O2. The Bertz CT molecular complexity index is 415. The van der Waals surface area contributed by atoms with Gasteiger partial charge in [-0.15, -0.1) is 0 Å². The van der Waals surface area contributed by atoms with Gasteiger partial charge in [-0.05, 0) is 20.8 Å². The number of hydrogen-bond donors (Lipinski definition) is 1. The summed E-state index contributed by atoms with van der Waals surface area (Å²) < 4.78 is 38.8. The third-order valence-corrected chi connectivity index (χ3v) is 1.90. The Labute approximate surface area is 89.7 Å². The maximum absolute atomic E-state index is 12.7. The quantitative estimate of drug-likeness (QED) is 0.814. The van der Waals surface area contributed by atoms with Crippen LogP contribution in [-0.2, 0) is 11.7 Å². The highest BCUT2D eigenvalue weighted by Gasteiger charge is 2.42. The van der Waals surface area contributed by atoms with Gasteiger partial charge in [0.2, 0.25) is 0 Å². The van der Waals surface area contributed by atoms with Crippen molar-refractivity contribution in [2.45, 2.75) is 32.5 Å². The number of hydrogen-bond acceptors (Lipinski definition) is 2. The number of alkyl halides is 3. The first-order valence-electron chi connectivity index (χ1n) is 4.44. The average molecular weight is 236 g/mol. The van der Waals surface area contributed by atoms with Crippen molar-refractivity contribution in [3.63, 3.8) is 0 Å². The number of aromatic nitrogens is 2. The minimum Gasteiger partial charge on any atom is -0.478 e. The first kappa shape index (κ1) is 12.5. The van der Waals surface area contributed by atoms with Crippen molar-refractivity contribution < 1.29 is 23.1 Å². The molecule has 0 radical (unpaired) electrons. The predicted molar refractivity (Wildman–Crippen MR) is 49.2 cm³/mol. The van der Waals surface area contributed by atoms with Crippen molar-refractivity contribution in [3.8, 4) is 0 Å². The number of nitrogens with zero attached hydrogens (tertiary/aromatic N) is 2. The third kappa shape index (κ3) is 2.17. The van der Waals surface area contributed by atoms with Crippen LogP contribution in [0, 0.1) is 0 Å². The van der Waals surface area contributed by atoms with Crippen molar-refractivity contribution in [3.05, 3.63) is 17.5 Å². The molecule has 0 fully saturated rings. The molecule has 7 heteroatoms. The molecule has 0 aliphatic rings. The highest BCUT2D eigenvalue weighted by Crippen LogP contribution is 2.34. The van der Waals surface area contributed by atoms with Gasteiger partial charge in [-0.2, -0.15) is 18.3 Å². The standard InChI is InChI=1S/C9H11F3N2O2/c1-8(2,3)14-6(9(10,11)12)5(4-13-14)7(15)16/h4H,1-3H3,(H,15,16). The summed E-state index contributed by atoms with van der Waals surface area (Å²) in [7, 11) is 0. The van der Waals surface area contributed by atoms with Gasteiger partial charge in [-0.3, -0.25) is 4.68 Å². The van der Waals surface area contributed by atoms with Gasteiger partial charge in [0, 0.05) is 0 Å². The Hall–Kier alpha value is -1.53. The highest BCUT2D eigenvalue weighted by molar-refractivity contribution is 5.88. The van der Waals surface area contributed by atoms with Crippen LogP contribution in [0.1, 0.15) is 36.8 Å². The van der Waals surface area contributed by atoms with Gasteiger partial charge in [0.1, 0.15) is 5.56 Å². The molecule has 0 atom stereocenters. The zero-order valence-electron chi connectivity index (χ0n) is 8.96. The smallest absolute Gasteiger partial charge is 0.433 e. The molecule has 0 amide bonds. The van der Waals surface area contributed by atoms with Crippen LogP contribution >= 0.6 is 0 Å². The van der Waals surface area contributed by atoms with E-state index in [1.807, 2.05) is 0 Å². The molecule has 90 valence electrons. The molecular weight excluding hydrogens is 225 g/mol. The normalized spacial score (nSPS) is 12.9. The summed E-state index contributed by atoms with van der Waals surface area (Å²) in [6.07, 6.45) is -4.02. The number of carbonyl (C=O) groups is 1. The minimum atomic E-state index is -4.74. The van der Waals surface area contributed by atoms with Gasteiger partial charge >= 0.3 is 12.1 Å². The summed E-state index contributed by atoms with van der Waals surface area (Å²) in [5, 5.41) is 12.1. The minimum absolute atomic E-state index is 0.677. The molecule has 1 rings (SSSR count). The largest absolute Gasteiger partial charge is 0.478 e. The van der Waals surface area contributed by atoms with Crippen LogP contribution in [0.4, 0.5) is 13.2 Å². The van der Waals surface area contributed by atoms with Crippen molar-refractivity contribution in [1.29, 1.82) is 0 Å². The Morgan fingerprint density at radius 3 is 2.19 bits per heavy atom. The monoisotopic (exact) mass is 236 g/mol. The summed E-state index contributed by atoms with van der Waals surface area (Å²) in [6, 6.07) is 0. The van der Waals surface area contributed by atoms with E-state index < -0.39 is 28.9 Å². The molecule has 1 heterocycles. The SMILES string of the molecule is CC(C)(C)n1ncc(C(=O)O)c1C(F)(F)F. The molecule has 1 aromatic heterocycles. The van der Waals surface area contributed by atoms with E-state index in [0.717, 1.165) is 6.20 Å². The fourth-order valence-electron chi connectivity index (χ4n) is 1.29. The number of carboxylic acids is 1. The molecule has 1 aromatic rings. The van der Waals surface area contributed by atoms with E-state index >= 15 is 0 Å². The molecule has 4 nitrogen and oxygen atoms in total. The molecule has 0 saturated carbocycles. The Kier molecular flexibility index (Phi) is 2.74. The van der Waals surface area contributed by atoms with Crippen LogP contribution < -0.4 is 0 Å². The maximum atomic E-state index is 12.7. The second kappa shape index (κ2) is 3.50. The molecule has 0 aromatic carbocycles. The van der Waals surface area contributed by atoms with E-state index in [2.05, 4.69) is 5.10 Å². The summed E-state index contributed by atoms with van der Waals surface area (Å²) in [5.74, 6) is -1.64. The fourth-order valence-corrected chi connectivity index (χ4v) is 1.29. The van der Waals surface area contributed by atoms with E-state index in [4.69, 9.17) is 5.11 Å². The Balaban J connectivity index is 3.50. The molecule has 0 unspecified atom stereocenters. The van der Waals surface area contributed by atoms with E-state index in [1.54, 1.807) is 0 Å². The number of aromatic carboxylic acids is 1. The lowest BCUT2D eigenvalue weighted by Gasteiger charge is -2.23. The predicted octanol–water partition coefficient (Wildman–Crippen LogP) is 2.36. The summed E-state index contributed by atoms with van der Waals surface area (Å²) >= 11 is 0. The number of carboxylic acid groups (broad SMARTS) is 1. The van der Waals surface area contributed by atoms with Crippen LogP contribution in [0.2, 0.25) is 0 Å². The van der Waals surface area contributed by atoms with Crippen molar-refractivity contribution in [2.75, 3.05) is 0 Å². The number of rotatable bonds is 1. The zero-order chi connectivity index (χ0) is 12.7. The number of halogens is 3. The van der Waals surface area contributed by atoms with Gasteiger partial charge in [-0.25, -0.2) is 4.79 Å². The van der Waals surface area contributed by atoms with Crippen molar-refractivity contribution in [1.82, 2.24) is 9.78 Å². The van der Waals surface area contributed by atoms with Crippen molar-refractivity contribution in [2.24, 2.45) is 0 Å². The second-order valence-corrected chi connectivity index (χ2v) is 4.29. The Morgan fingerprint density at radius 2 is 1.88 bits per heavy atom. The van der Waals surface area contributed by atoms with Gasteiger partial charge in [-0.1, -0.05) is 0 Å². The summed E-state index contributed by atoms with van der Waals surface area (Å²) in [5.41, 5.74) is -2.99.